The van der Waals surface area contributed by atoms with Gasteiger partial charge >= 0.3 is 0 Å². The third-order valence-corrected chi connectivity index (χ3v) is 3.60. The number of carbonyl (C=O) groups is 2. The predicted molar refractivity (Wildman–Crippen MR) is 85.3 cm³/mol. The lowest BCUT2D eigenvalue weighted by Crippen LogP contribution is -2.09. The van der Waals surface area contributed by atoms with E-state index in [1.165, 1.54) is 6.07 Å². The predicted octanol–water partition coefficient (Wildman–Crippen LogP) is 4.00. The minimum absolute atomic E-state index is 0.0930. The summed E-state index contributed by atoms with van der Waals surface area (Å²) in [4.78, 5) is 24.7. The van der Waals surface area contributed by atoms with Gasteiger partial charge in [-0.25, -0.2) is 0 Å². The van der Waals surface area contributed by atoms with Crippen LogP contribution in [0.2, 0.25) is 0 Å². The summed E-state index contributed by atoms with van der Waals surface area (Å²) in [6.45, 7) is 0. The van der Waals surface area contributed by atoms with Crippen molar-refractivity contribution in [2.24, 2.45) is 0 Å². The molecule has 0 amide bonds. The van der Waals surface area contributed by atoms with Gasteiger partial charge in [-0.05, 0) is 16.8 Å². The van der Waals surface area contributed by atoms with Crippen molar-refractivity contribution in [2.45, 2.75) is 6.42 Å². The largest absolute Gasteiger partial charge is 0.507 e. The van der Waals surface area contributed by atoms with Gasteiger partial charge in [-0.2, -0.15) is 0 Å². The van der Waals surface area contributed by atoms with Crippen LogP contribution in [-0.4, -0.2) is 16.7 Å². The second kappa shape index (κ2) is 5.82. The highest BCUT2D eigenvalue weighted by atomic mass is 16.3. The number of carbonyl (C=O) groups excluding carboxylic acids is 2. The standard InChI is InChI=1S/C19H14O3/c20-16-11-10-13-6-4-5-9-15(13)19(16)18(22)12-17(21)14-7-2-1-3-8-14/h1-11,20H,12H2. The fourth-order valence-corrected chi connectivity index (χ4v) is 2.51. The highest BCUT2D eigenvalue weighted by Crippen LogP contribution is 2.28. The highest BCUT2D eigenvalue weighted by molar-refractivity contribution is 6.19. The van der Waals surface area contributed by atoms with E-state index in [1.54, 1.807) is 42.5 Å². The molecular formula is C19H14O3. The lowest BCUT2D eigenvalue weighted by atomic mass is 9.96. The molecule has 0 bridgehead atoms. The van der Waals surface area contributed by atoms with Crippen molar-refractivity contribution in [3.05, 3.63) is 77.9 Å². The van der Waals surface area contributed by atoms with Gasteiger partial charge in [-0.3, -0.25) is 9.59 Å². The van der Waals surface area contributed by atoms with Gasteiger partial charge in [0.25, 0.3) is 0 Å². The zero-order valence-corrected chi connectivity index (χ0v) is 11.8. The molecule has 0 unspecified atom stereocenters. The van der Waals surface area contributed by atoms with Crippen LogP contribution in [0.3, 0.4) is 0 Å². The molecule has 0 radical (unpaired) electrons. The van der Waals surface area contributed by atoms with Crippen LogP contribution in [0.15, 0.2) is 66.7 Å². The van der Waals surface area contributed by atoms with Crippen molar-refractivity contribution < 1.29 is 14.7 Å². The normalized spacial score (nSPS) is 10.5. The summed E-state index contributed by atoms with van der Waals surface area (Å²) in [7, 11) is 0. The lowest BCUT2D eigenvalue weighted by molar-refractivity contribution is 0.0894. The Morgan fingerprint density at radius 3 is 2.23 bits per heavy atom. The first-order valence-corrected chi connectivity index (χ1v) is 6.99. The first-order chi connectivity index (χ1) is 10.7. The second-order valence-corrected chi connectivity index (χ2v) is 5.07. The van der Waals surface area contributed by atoms with E-state index in [0.717, 1.165) is 5.39 Å². The van der Waals surface area contributed by atoms with Crippen LogP contribution in [0.4, 0.5) is 0 Å². The van der Waals surface area contributed by atoms with Crippen molar-refractivity contribution in [3.8, 4) is 5.75 Å². The Morgan fingerprint density at radius 2 is 1.45 bits per heavy atom. The summed E-state index contributed by atoms with van der Waals surface area (Å²) in [6, 6.07) is 19.2. The number of phenols is 1. The molecule has 3 heteroatoms. The molecule has 108 valence electrons. The quantitative estimate of drug-likeness (QED) is 0.583. The van der Waals surface area contributed by atoms with Crippen LogP contribution >= 0.6 is 0 Å². The Morgan fingerprint density at radius 1 is 0.773 bits per heavy atom. The summed E-state index contributed by atoms with van der Waals surface area (Å²) in [5, 5.41) is 11.5. The maximum absolute atomic E-state index is 12.5. The summed E-state index contributed by atoms with van der Waals surface area (Å²) in [5.41, 5.74) is 0.706. The molecule has 3 aromatic rings. The van der Waals surface area contributed by atoms with E-state index in [9.17, 15) is 14.7 Å². The molecule has 3 rings (SSSR count). The van der Waals surface area contributed by atoms with Crippen LogP contribution < -0.4 is 0 Å². The van der Waals surface area contributed by atoms with Crippen LogP contribution in [0.5, 0.6) is 5.75 Å². The topological polar surface area (TPSA) is 54.4 Å². The van der Waals surface area contributed by atoms with Gasteiger partial charge in [0.2, 0.25) is 0 Å². The average molecular weight is 290 g/mol. The number of fused-ring (bicyclic) bond motifs is 1. The van der Waals surface area contributed by atoms with Crippen LogP contribution in [0, 0.1) is 0 Å². The number of Topliss-reactive ketones (excluding diaryl/α,β-unsaturated/α-hetero) is 2. The molecule has 0 aliphatic carbocycles. The monoisotopic (exact) mass is 290 g/mol. The summed E-state index contributed by atoms with van der Waals surface area (Å²) in [5.74, 6) is -0.717. The number of phenolic OH excluding ortho intramolecular Hbond substituents is 1. The van der Waals surface area contributed by atoms with E-state index < -0.39 is 0 Å². The third kappa shape index (κ3) is 2.61. The molecule has 0 saturated heterocycles. The van der Waals surface area contributed by atoms with Gasteiger partial charge in [-0.15, -0.1) is 0 Å². The van der Waals surface area contributed by atoms with Gasteiger partial charge in [0.05, 0.1) is 12.0 Å². The maximum atomic E-state index is 12.5. The molecular weight excluding hydrogens is 276 g/mol. The number of hydrogen-bond donors (Lipinski definition) is 1. The third-order valence-electron chi connectivity index (χ3n) is 3.60. The molecule has 0 fully saturated rings. The summed E-state index contributed by atoms with van der Waals surface area (Å²) >= 11 is 0. The molecule has 22 heavy (non-hydrogen) atoms. The van der Waals surface area contributed by atoms with Gasteiger partial charge in [0.15, 0.2) is 11.6 Å². The van der Waals surface area contributed by atoms with E-state index in [4.69, 9.17) is 0 Å². The molecule has 3 aromatic carbocycles. The Hall–Kier alpha value is -2.94. The van der Waals surface area contributed by atoms with E-state index >= 15 is 0 Å². The molecule has 0 heterocycles. The Bertz CT molecular complexity index is 851. The van der Waals surface area contributed by atoms with Gasteiger partial charge in [0, 0.05) is 5.56 Å². The van der Waals surface area contributed by atoms with Crippen molar-refractivity contribution >= 4 is 22.3 Å². The maximum Gasteiger partial charge on any atom is 0.174 e. The number of aromatic hydroxyl groups is 1. The number of benzene rings is 3. The average Bonchev–Trinajstić information content (AvgIpc) is 2.55. The summed E-state index contributed by atoms with van der Waals surface area (Å²) in [6.07, 6.45) is -0.258. The first-order valence-electron chi connectivity index (χ1n) is 6.99. The molecule has 0 aromatic heterocycles. The number of hydrogen-bond acceptors (Lipinski definition) is 3. The smallest absolute Gasteiger partial charge is 0.174 e. The molecule has 0 saturated carbocycles. The molecule has 0 spiro atoms. The second-order valence-electron chi connectivity index (χ2n) is 5.07. The Kier molecular flexibility index (Phi) is 3.71. The minimum atomic E-state index is -0.372. The van der Waals surface area contributed by atoms with Crippen molar-refractivity contribution in [1.29, 1.82) is 0 Å². The first kappa shape index (κ1) is 14.0. The van der Waals surface area contributed by atoms with Crippen LogP contribution in [0.25, 0.3) is 10.8 Å². The molecule has 1 N–H and O–H groups in total. The zero-order chi connectivity index (χ0) is 15.5. The fraction of sp³-hybridized carbons (Fsp3) is 0.0526. The zero-order valence-electron chi connectivity index (χ0n) is 11.8. The highest BCUT2D eigenvalue weighted by Gasteiger charge is 2.19. The van der Waals surface area contributed by atoms with Crippen LogP contribution in [0.1, 0.15) is 27.1 Å². The van der Waals surface area contributed by atoms with Crippen molar-refractivity contribution in [3.63, 3.8) is 0 Å². The Balaban J connectivity index is 1.96. The van der Waals surface area contributed by atoms with Gasteiger partial charge < -0.3 is 5.11 Å². The minimum Gasteiger partial charge on any atom is -0.507 e. The van der Waals surface area contributed by atoms with Crippen LogP contribution in [-0.2, 0) is 0 Å². The van der Waals surface area contributed by atoms with Gasteiger partial charge in [0.1, 0.15) is 5.75 Å². The van der Waals surface area contributed by atoms with E-state index in [2.05, 4.69) is 0 Å². The van der Waals surface area contributed by atoms with E-state index in [0.29, 0.717) is 10.9 Å². The lowest BCUT2D eigenvalue weighted by Gasteiger charge is -2.08. The van der Waals surface area contributed by atoms with E-state index in [-0.39, 0.29) is 29.3 Å². The molecule has 0 aliphatic rings. The molecule has 0 aliphatic heterocycles. The number of ketones is 2. The number of rotatable bonds is 4. The van der Waals surface area contributed by atoms with Gasteiger partial charge in [-0.1, -0.05) is 60.7 Å². The Labute approximate surface area is 127 Å². The fourth-order valence-electron chi connectivity index (χ4n) is 2.51. The van der Waals surface area contributed by atoms with E-state index in [1.807, 2.05) is 18.2 Å². The SMILES string of the molecule is O=C(CC(=O)c1c(O)ccc2ccccc12)c1ccccc1. The molecule has 3 nitrogen and oxygen atoms in total. The summed E-state index contributed by atoms with van der Waals surface area (Å²) < 4.78 is 0. The van der Waals surface area contributed by atoms with Crippen molar-refractivity contribution in [1.82, 2.24) is 0 Å². The molecule has 0 atom stereocenters. The van der Waals surface area contributed by atoms with Crippen molar-refractivity contribution in [2.75, 3.05) is 0 Å².